The standard InChI is InChI=1S/C19H21NO2/c1-15-6-3-4-7-17(15)8-5-11-20(2)13-16-9-10-18-19(12-16)22-14-21-18/h3-10,12H,11,13-14H2,1-2H3/b8-5+. The first-order valence-corrected chi connectivity index (χ1v) is 7.51. The van der Waals surface area contributed by atoms with Crippen LogP contribution in [0, 0.1) is 6.92 Å². The zero-order chi connectivity index (χ0) is 15.4. The van der Waals surface area contributed by atoms with E-state index >= 15 is 0 Å². The number of likely N-dealkylation sites (N-methyl/N-ethyl adjacent to an activating group) is 1. The van der Waals surface area contributed by atoms with Gasteiger partial charge in [-0.25, -0.2) is 0 Å². The summed E-state index contributed by atoms with van der Waals surface area (Å²) < 4.78 is 10.8. The molecule has 22 heavy (non-hydrogen) atoms. The molecule has 0 radical (unpaired) electrons. The molecule has 0 N–H and O–H groups in total. The van der Waals surface area contributed by atoms with Gasteiger partial charge in [-0.3, -0.25) is 4.90 Å². The molecule has 2 aromatic carbocycles. The van der Waals surface area contributed by atoms with Crippen LogP contribution in [0.5, 0.6) is 11.5 Å². The van der Waals surface area contributed by atoms with E-state index in [9.17, 15) is 0 Å². The molecule has 0 aromatic heterocycles. The van der Waals surface area contributed by atoms with Crippen LogP contribution in [0.3, 0.4) is 0 Å². The van der Waals surface area contributed by atoms with E-state index in [2.05, 4.69) is 67.4 Å². The Kier molecular flexibility index (Phi) is 4.45. The largest absolute Gasteiger partial charge is 0.454 e. The van der Waals surface area contributed by atoms with Gasteiger partial charge in [0.05, 0.1) is 0 Å². The molecule has 0 saturated carbocycles. The lowest BCUT2D eigenvalue weighted by Gasteiger charge is -2.14. The van der Waals surface area contributed by atoms with E-state index in [0.717, 1.165) is 24.6 Å². The molecule has 0 unspecified atom stereocenters. The Bertz CT molecular complexity index is 679. The minimum atomic E-state index is 0.327. The maximum absolute atomic E-state index is 5.42. The van der Waals surface area contributed by atoms with Crippen molar-refractivity contribution in [1.29, 1.82) is 0 Å². The van der Waals surface area contributed by atoms with Crippen LogP contribution in [0.25, 0.3) is 6.08 Å². The van der Waals surface area contributed by atoms with Crippen molar-refractivity contribution in [1.82, 2.24) is 4.90 Å². The van der Waals surface area contributed by atoms with E-state index in [1.165, 1.54) is 16.7 Å². The highest BCUT2D eigenvalue weighted by molar-refractivity contribution is 5.53. The summed E-state index contributed by atoms with van der Waals surface area (Å²) in [6.45, 7) is 4.25. The molecule has 2 aromatic rings. The fourth-order valence-electron chi connectivity index (χ4n) is 2.55. The van der Waals surface area contributed by atoms with Crippen LogP contribution in [0.2, 0.25) is 0 Å². The SMILES string of the molecule is Cc1ccccc1/C=C/CN(C)Cc1ccc2c(c1)OCO2. The minimum Gasteiger partial charge on any atom is -0.454 e. The second-order valence-electron chi connectivity index (χ2n) is 5.64. The van der Waals surface area contributed by atoms with Gasteiger partial charge in [0.25, 0.3) is 0 Å². The molecule has 114 valence electrons. The number of hydrogen-bond acceptors (Lipinski definition) is 3. The van der Waals surface area contributed by atoms with Crippen LogP contribution < -0.4 is 9.47 Å². The molecular formula is C19H21NO2. The van der Waals surface area contributed by atoms with Crippen molar-refractivity contribution >= 4 is 6.08 Å². The number of rotatable bonds is 5. The molecule has 1 aliphatic heterocycles. The van der Waals surface area contributed by atoms with Crippen molar-refractivity contribution in [2.75, 3.05) is 20.4 Å². The highest BCUT2D eigenvalue weighted by Crippen LogP contribution is 2.32. The molecule has 3 nitrogen and oxygen atoms in total. The molecule has 1 aliphatic rings. The fraction of sp³-hybridized carbons (Fsp3) is 0.263. The smallest absolute Gasteiger partial charge is 0.231 e. The maximum Gasteiger partial charge on any atom is 0.231 e. The summed E-state index contributed by atoms with van der Waals surface area (Å²) in [7, 11) is 2.12. The van der Waals surface area contributed by atoms with Crippen molar-refractivity contribution in [2.45, 2.75) is 13.5 Å². The minimum absolute atomic E-state index is 0.327. The summed E-state index contributed by atoms with van der Waals surface area (Å²) in [5.74, 6) is 1.69. The van der Waals surface area contributed by atoms with Crippen LogP contribution in [0.15, 0.2) is 48.5 Å². The molecule has 3 heteroatoms. The number of aryl methyl sites for hydroxylation is 1. The molecule has 0 amide bonds. The maximum atomic E-state index is 5.42. The van der Waals surface area contributed by atoms with Gasteiger partial charge in [0.15, 0.2) is 11.5 Å². The quantitative estimate of drug-likeness (QED) is 0.836. The zero-order valence-electron chi connectivity index (χ0n) is 13.1. The highest BCUT2D eigenvalue weighted by atomic mass is 16.7. The Morgan fingerprint density at radius 1 is 1.09 bits per heavy atom. The van der Waals surface area contributed by atoms with Gasteiger partial charge in [-0.15, -0.1) is 0 Å². The molecule has 0 aliphatic carbocycles. The van der Waals surface area contributed by atoms with E-state index < -0.39 is 0 Å². The van der Waals surface area contributed by atoms with Crippen LogP contribution in [-0.2, 0) is 6.54 Å². The predicted octanol–water partition coefficient (Wildman–Crippen LogP) is 3.87. The summed E-state index contributed by atoms with van der Waals surface area (Å²) in [5, 5.41) is 0. The Morgan fingerprint density at radius 2 is 1.91 bits per heavy atom. The van der Waals surface area contributed by atoms with Gasteiger partial charge in [-0.2, -0.15) is 0 Å². The Balaban J connectivity index is 1.56. The molecule has 3 rings (SSSR count). The van der Waals surface area contributed by atoms with Crippen molar-refractivity contribution in [3.63, 3.8) is 0 Å². The van der Waals surface area contributed by atoms with Gasteiger partial charge < -0.3 is 9.47 Å². The first kappa shape index (κ1) is 14.7. The van der Waals surface area contributed by atoms with Crippen LogP contribution in [0.4, 0.5) is 0 Å². The lowest BCUT2D eigenvalue weighted by molar-refractivity contribution is 0.174. The predicted molar refractivity (Wildman–Crippen MR) is 89.1 cm³/mol. The molecule has 0 fully saturated rings. The number of fused-ring (bicyclic) bond motifs is 1. The van der Waals surface area contributed by atoms with Crippen molar-refractivity contribution < 1.29 is 9.47 Å². The average Bonchev–Trinajstić information content (AvgIpc) is 2.97. The molecule has 0 atom stereocenters. The summed E-state index contributed by atoms with van der Waals surface area (Å²) in [6, 6.07) is 14.6. The first-order valence-electron chi connectivity index (χ1n) is 7.51. The lowest BCUT2D eigenvalue weighted by atomic mass is 10.1. The molecule has 0 bridgehead atoms. The molecule has 0 saturated heterocycles. The second-order valence-corrected chi connectivity index (χ2v) is 5.64. The first-order chi connectivity index (χ1) is 10.7. The summed E-state index contributed by atoms with van der Waals surface area (Å²) in [5.41, 5.74) is 3.81. The van der Waals surface area contributed by atoms with Gasteiger partial charge in [-0.1, -0.05) is 42.5 Å². The zero-order valence-corrected chi connectivity index (χ0v) is 13.1. The third-order valence-electron chi connectivity index (χ3n) is 3.79. The Hall–Kier alpha value is -2.26. The topological polar surface area (TPSA) is 21.7 Å². The number of ether oxygens (including phenoxy) is 2. The summed E-state index contributed by atoms with van der Waals surface area (Å²) in [4.78, 5) is 2.27. The van der Waals surface area contributed by atoms with Crippen molar-refractivity contribution in [3.05, 3.63) is 65.2 Å². The monoisotopic (exact) mass is 295 g/mol. The van der Waals surface area contributed by atoms with Gasteiger partial charge >= 0.3 is 0 Å². The molecular weight excluding hydrogens is 274 g/mol. The van der Waals surface area contributed by atoms with E-state index in [1.54, 1.807) is 0 Å². The van der Waals surface area contributed by atoms with E-state index in [-0.39, 0.29) is 0 Å². The van der Waals surface area contributed by atoms with Crippen molar-refractivity contribution in [2.24, 2.45) is 0 Å². The Morgan fingerprint density at radius 3 is 2.77 bits per heavy atom. The number of benzene rings is 2. The van der Waals surface area contributed by atoms with Gasteiger partial charge in [0, 0.05) is 13.1 Å². The van der Waals surface area contributed by atoms with E-state index in [4.69, 9.17) is 9.47 Å². The van der Waals surface area contributed by atoms with Crippen molar-refractivity contribution in [3.8, 4) is 11.5 Å². The number of hydrogen-bond donors (Lipinski definition) is 0. The molecule has 0 spiro atoms. The van der Waals surface area contributed by atoms with Crippen LogP contribution >= 0.6 is 0 Å². The van der Waals surface area contributed by atoms with E-state index in [0.29, 0.717) is 6.79 Å². The highest BCUT2D eigenvalue weighted by Gasteiger charge is 2.13. The number of nitrogens with zero attached hydrogens (tertiary/aromatic N) is 1. The van der Waals surface area contributed by atoms with Gasteiger partial charge in [0.1, 0.15) is 0 Å². The second kappa shape index (κ2) is 6.67. The molecule has 1 heterocycles. The fourth-order valence-corrected chi connectivity index (χ4v) is 2.55. The van der Waals surface area contributed by atoms with E-state index in [1.807, 2.05) is 6.07 Å². The van der Waals surface area contributed by atoms with Crippen LogP contribution in [-0.4, -0.2) is 25.3 Å². The third-order valence-corrected chi connectivity index (χ3v) is 3.79. The van der Waals surface area contributed by atoms with Gasteiger partial charge in [-0.05, 0) is 42.8 Å². The van der Waals surface area contributed by atoms with Gasteiger partial charge in [0.2, 0.25) is 6.79 Å². The summed E-state index contributed by atoms with van der Waals surface area (Å²) >= 11 is 0. The third kappa shape index (κ3) is 3.49. The normalized spacial score (nSPS) is 13.2. The summed E-state index contributed by atoms with van der Waals surface area (Å²) in [6.07, 6.45) is 4.39. The van der Waals surface area contributed by atoms with Crippen LogP contribution in [0.1, 0.15) is 16.7 Å². The Labute approximate surface area is 131 Å². The lowest BCUT2D eigenvalue weighted by Crippen LogP contribution is -2.17. The average molecular weight is 295 g/mol.